The Labute approximate surface area is 120 Å². The minimum atomic E-state index is -0.467. The summed E-state index contributed by atoms with van der Waals surface area (Å²) >= 11 is 0. The van der Waals surface area contributed by atoms with Gasteiger partial charge in [0.05, 0.1) is 19.8 Å². The van der Waals surface area contributed by atoms with Gasteiger partial charge < -0.3 is 14.8 Å². The minimum absolute atomic E-state index is 0.0780. The third kappa shape index (κ3) is 4.32. The zero-order chi connectivity index (χ0) is 14.5. The first-order chi connectivity index (χ1) is 9.54. The monoisotopic (exact) mass is 277 g/mol. The standard InChI is InChI=1S/C16H23NO3/c1-11-6-12(2)8-14(7-11)9-13(3)17-16(18)15-10-19-4-5-20-15/h6-8,13,15H,4-5,9-10H2,1-3H3,(H,17,18)/t13-,15+/m1/s1. The molecule has 0 radical (unpaired) electrons. The van der Waals surface area contributed by atoms with E-state index >= 15 is 0 Å². The van der Waals surface area contributed by atoms with Crippen LogP contribution in [0.3, 0.4) is 0 Å². The molecule has 0 saturated carbocycles. The van der Waals surface area contributed by atoms with E-state index in [1.807, 2.05) is 6.92 Å². The van der Waals surface area contributed by atoms with E-state index in [2.05, 4.69) is 37.4 Å². The molecule has 0 bridgehead atoms. The van der Waals surface area contributed by atoms with Crippen molar-refractivity contribution in [3.05, 3.63) is 34.9 Å². The largest absolute Gasteiger partial charge is 0.376 e. The van der Waals surface area contributed by atoms with Gasteiger partial charge in [-0.15, -0.1) is 0 Å². The fraction of sp³-hybridized carbons (Fsp3) is 0.562. The average Bonchev–Trinajstić information content (AvgIpc) is 2.38. The van der Waals surface area contributed by atoms with Crippen molar-refractivity contribution in [2.24, 2.45) is 0 Å². The summed E-state index contributed by atoms with van der Waals surface area (Å²) in [5, 5.41) is 2.99. The quantitative estimate of drug-likeness (QED) is 0.912. The summed E-state index contributed by atoms with van der Waals surface area (Å²) in [5.74, 6) is -0.0819. The van der Waals surface area contributed by atoms with Gasteiger partial charge in [0.15, 0.2) is 6.10 Å². The Kier molecular flexibility index (Phi) is 5.15. The van der Waals surface area contributed by atoms with Crippen molar-refractivity contribution >= 4 is 5.91 Å². The highest BCUT2D eigenvalue weighted by molar-refractivity contribution is 5.81. The molecule has 1 amide bonds. The molecule has 4 heteroatoms. The molecule has 2 atom stereocenters. The van der Waals surface area contributed by atoms with Crippen molar-refractivity contribution in [2.45, 2.75) is 39.3 Å². The first-order valence-electron chi connectivity index (χ1n) is 7.11. The molecule has 1 aromatic carbocycles. The summed E-state index contributed by atoms with van der Waals surface area (Å²) < 4.78 is 10.6. The first kappa shape index (κ1) is 15.0. The van der Waals surface area contributed by atoms with E-state index in [-0.39, 0.29) is 11.9 Å². The molecule has 110 valence electrons. The van der Waals surface area contributed by atoms with Gasteiger partial charge in [-0.3, -0.25) is 4.79 Å². The molecule has 0 aliphatic carbocycles. The zero-order valence-electron chi connectivity index (χ0n) is 12.4. The maximum Gasteiger partial charge on any atom is 0.251 e. The second-order valence-electron chi connectivity index (χ2n) is 5.54. The molecule has 1 aliphatic rings. The van der Waals surface area contributed by atoms with Gasteiger partial charge in [0.2, 0.25) is 0 Å². The lowest BCUT2D eigenvalue weighted by Gasteiger charge is -2.24. The molecule has 20 heavy (non-hydrogen) atoms. The van der Waals surface area contributed by atoms with E-state index in [0.717, 1.165) is 6.42 Å². The van der Waals surface area contributed by atoms with Gasteiger partial charge in [-0.1, -0.05) is 29.3 Å². The molecule has 1 N–H and O–H groups in total. The third-order valence-electron chi connectivity index (χ3n) is 3.32. The molecule has 4 nitrogen and oxygen atoms in total. The Hall–Kier alpha value is -1.39. The van der Waals surface area contributed by atoms with Crippen LogP contribution in [0.2, 0.25) is 0 Å². The molecule has 1 fully saturated rings. The lowest BCUT2D eigenvalue weighted by atomic mass is 10.0. The van der Waals surface area contributed by atoms with E-state index in [1.165, 1.54) is 16.7 Å². The van der Waals surface area contributed by atoms with Crippen LogP contribution in [0.5, 0.6) is 0 Å². The van der Waals surface area contributed by atoms with Gasteiger partial charge in [-0.05, 0) is 32.8 Å². The molecule has 1 heterocycles. The van der Waals surface area contributed by atoms with Crippen molar-refractivity contribution in [1.82, 2.24) is 5.32 Å². The summed E-state index contributed by atoms with van der Waals surface area (Å²) in [5.41, 5.74) is 3.75. The van der Waals surface area contributed by atoms with Gasteiger partial charge in [0, 0.05) is 6.04 Å². The molecule has 1 aromatic rings. The molecule has 0 spiro atoms. The fourth-order valence-electron chi connectivity index (χ4n) is 2.57. The number of hydrogen-bond acceptors (Lipinski definition) is 3. The third-order valence-corrected chi connectivity index (χ3v) is 3.32. The molecule has 1 aliphatic heterocycles. The van der Waals surface area contributed by atoms with Gasteiger partial charge in [0.1, 0.15) is 0 Å². The maximum absolute atomic E-state index is 12.0. The Morgan fingerprint density at radius 3 is 2.60 bits per heavy atom. The lowest BCUT2D eigenvalue weighted by Crippen LogP contribution is -2.46. The second-order valence-corrected chi connectivity index (χ2v) is 5.54. The summed E-state index contributed by atoms with van der Waals surface area (Å²) in [6, 6.07) is 6.56. The molecule has 0 unspecified atom stereocenters. The van der Waals surface area contributed by atoms with E-state index in [4.69, 9.17) is 9.47 Å². The van der Waals surface area contributed by atoms with Gasteiger partial charge in [-0.25, -0.2) is 0 Å². The normalized spacial score (nSPS) is 20.4. The number of carbonyl (C=O) groups excluding carboxylic acids is 1. The van der Waals surface area contributed by atoms with Crippen LogP contribution in [0.4, 0.5) is 0 Å². The summed E-state index contributed by atoms with van der Waals surface area (Å²) in [4.78, 5) is 12.0. The molecular weight excluding hydrogens is 254 g/mol. The highest BCUT2D eigenvalue weighted by Crippen LogP contribution is 2.11. The van der Waals surface area contributed by atoms with E-state index < -0.39 is 6.10 Å². The van der Waals surface area contributed by atoms with E-state index in [0.29, 0.717) is 19.8 Å². The Morgan fingerprint density at radius 1 is 1.30 bits per heavy atom. The van der Waals surface area contributed by atoms with Crippen molar-refractivity contribution in [3.8, 4) is 0 Å². The summed E-state index contributed by atoms with van der Waals surface area (Å²) in [6.45, 7) is 7.60. The van der Waals surface area contributed by atoms with Gasteiger partial charge in [0.25, 0.3) is 5.91 Å². The highest BCUT2D eigenvalue weighted by atomic mass is 16.6. The molecule has 2 rings (SSSR count). The number of benzene rings is 1. The van der Waals surface area contributed by atoms with Crippen molar-refractivity contribution in [1.29, 1.82) is 0 Å². The van der Waals surface area contributed by atoms with E-state index in [9.17, 15) is 4.79 Å². The predicted octanol–water partition coefficient (Wildman–Crippen LogP) is 1.77. The number of nitrogens with one attached hydrogen (secondary N) is 1. The Balaban J connectivity index is 1.88. The van der Waals surface area contributed by atoms with Crippen molar-refractivity contribution in [3.63, 3.8) is 0 Å². The number of hydrogen-bond donors (Lipinski definition) is 1. The van der Waals surface area contributed by atoms with Gasteiger partial charge >= 0.3 is 0 Å². The van der Waals surface area contributed by atoms with Crippen LogP contribution in [0.15, 0.2) is 18.2 Å². The van der Waals surface area contributed by atoms with Crippen LogP contribution in [-0.4, -0.2) is 37.9 Å². The van der Waals surface area contributed by atoms with Gasteiger partial charge in [-0.2, -0.15) is 0 Å². The maximum atomic E-state index is 12.0. The highest BCUT2D eigenvalue weighted by Gasteiger charge is 2.23. The second kappa shape index (κ2) is 6.86. The predicted molar refractivity (Wildman–Crippen MR) is 77.8 cm³/mol. The first-order valence-corrected chi connectivity index (χ1v) is 7.11. The summed E-state index contributed by atoms with van der Waals surface area (Å²) in [6.07, 6.45) is 0.354. The average molecular weight is 277 g/mol. The fourth-order valence-corrected chi connectivity index (χ4v) is 2.57. The van der Waals surface area contributed by atoms with Crippen LogP contribution in [-0.2, 0) is 20.7 Å². The minimum Gasteiger partial charge on any atom is -0.376 e. The topological polar surface area (TPSA) is 47.6 Å². The van der Waals surface area contributed by atoms with Crippen LogP contribution >= 0.6 is 0 Å². The number of aryl methyl sites for hydroxylation is 2. The number of amides is 1. The van der Waals surface area contributed by atoms with Crippen LogP contribution in [0.25, 0.3) is 0 Å². The zero-order valence-corrected chi connectivity index (χ0v) is 12.4. The van der Waals surface area contributed by atoms with Crippen LogP contribution in [0, 0.1) is 13.8 Å². The van der Waals surface area contributed by atoms with Crippen LogP contribution in [0.1, 0.15) is 23.6 Å². The molecule has 0 aromatic heterocycles. The molecule has 1 saturated heterocycles. The summed E-state index contributed by atoms with van der Waals surface area (Å²) in [7, 11) is 0. The van der Waals surface area contributed by atoms with Crippen LogP contribution < -0.4 is 5.32 Å². The molecular formula is C16H23NO3. The van der Waals surface area contributed by atoms with Crippen molar-refractivity contribution < 1.29 is 14.3 Å². The van der Waals surface area contributed by atoms with E-state index in [1.54, 1.807) is 0 Å². The van der Waals surface area contributed by atoms with Crippen molar-refractivity contribution in [2.75, 3.05) is 19.8 Å². The number of carbonyl (C=O) groups is 1. The smallest absolute Gasteiger partial charge is 0.251 e. The Morgan fingerprint density at radius 2 is 2.00 bits per heavy atom. The number of rotatable bonds is 4. The number of ether oxygens (including phenoxy) is 2. The lowest BCUT2D eigenvalue weighted by molar-refractivity contribution is -0.148. The Bertz CT molecular complexity index is 447. The SMILES string of the molecule is Cc1cc(C)cc(C[C@@H](C)NC(=O)[C@@H]2COCCO2)c1.